The molecule has 0 saturated carbocycles. The summed E-state index contributed by atoms with van der Waals surface area (Å²) in [4.78, 5) is 23.9. The van der Waals surface area contributed by atoms with Crippen molar-refractivity contribution in [1.82, 2.24) is 4.90 Å². The number of piperidine rings is 1. The van der Waals surface area contributed by atoms with Crippen molar-refractivity contribution in [2.75, 3.05) is 13.1 Å². The fourth-order valence-electron chi connectivity index (χ4n) is 2.38. The van der Waals surface area contributed by atoms with E-state index < -0.39 is 16.6 Å². The first-order chi connectivity index (χ1) is 9.40. The first kappa shape index (κ1) is 14.4. The molecule has 0 unspecified atom stereocenters. The van der Waals surface area contributed by atoms with Crippen LogP contribution in [0.2, 0.25) is 0 Å². The van der Waals surface area contributed by atoms with Crippen molar-refractivity contribution in [2.24, 2.45) is 5.73 Å². The Bertz CT molecular complexity index is 562. The molecule has 20 heavy (non-hydrogen) atoms. The second-order valence-electron chi connectivity index (χ2n) is 5.03. The Balaban J connectivity index is 2.35. The standard InChI is InChI=1S/C13H16FN3O3/c1-8-5-10(17(19)20)6-11(12(8)14)13(18)16-4-2-3-9(15)7-16/h5-6,9H,2-4,7,15H2,1H3/t9-/m1/s1. The number of non-ortho nitro benzene ring substituents is 1. The summed E-state index contributed by atoms with van der Waals surface area (Å²) in [5, 5.41) is 10.8. The molecule has 1 fully saturated rings. The third-order valence-electron chi connectivity index (χ3n) is 3.43. The number of rotatable bonds is 2. The van der Waals surface area contributed by atoms with Gasteiger partial charge in [0.2, 0.25) is 0 Å². The zero-order valence-corrected chi connectivity index (χ0v) is 11.1. The predicted octanol–water partition coefficient (Wildman–Crippen LogP) is 1.61. The molecule has 1 atom stereocenters. The van der Waals surface area contributed by atoms with E-state index in [0.717, 1.165) is 25.0 Å². The maximum absolute atomic E-state index is 14.0. The van der Waals surface area contributed by atoms with Crippen molar-refractivity contribution >= 4 is 11.6 Å². The molecular formula is C13H16FN3O3. The third-order valence-corrected chi connectivity index (χ3v) is 3.43. The molecule has 1 amide bonds. The van der Waals surface area contributed by atoms with Crippen LogP contribution in [0.3, 0.4) is 0 Å². The number of nitrogens with two attached hydrogens (primary N) is 1. The average Bonchev–Trinajstić information content (AvgIpc) is 2.40. The van der Waals surface area contributed by atoms with E-state index in [4.69, 9.17) is 5.73 Å². The highest BCUT2D eigenvalue weighted by Crippen LogP contribution is 2.23. The highest BCUT2D eigenvalue weighted by molar-refractivity contribution is 5.95. The van der Waals surface area contributed by atoms with E-state index in [-0.39, 0.29) is 22.9 Å². The average molecular weight is 281 g/mol. The van der Waals surface area contributed by atoms with Crippen LogP contribution in [0.5, 0.6) is 0 Å². The molecule has 0 spiro atoms. The lowest BCUT2D eigenvalue weighted by atomic mass is 10.0. The lowest BCUT2D eigenvalue weighted by Crippen LogP contribution is -2.46. The van der Waals surface area contributed by atoms with Gasteiger partial charge < -0.3 is 10.6 Å². The van der Waals surface area contributed by atoms with E-state index in [9.17, 15) is 19.3 Å². The molecule has 1 saturated heterocycles. The molecule has 2 N–H and O–H groups in total. The maximum atomic E-state index is 14.0. The van der Waals surface area contributed by atoms with Crippen LogP contribution in [-0.4, -0.2) is 34.9 Å². The Morgan fingerprint density at radius 3 is 2.85 bits per heavy atom. The van der Waals surface area contributed by atoms with Gasteiger partial charge in [0.25, 0.3) is 11.6 Å². The van der Waals surface area contributed by atoms with Gasteiger partial charge in [0.05, 0.1) is 10.5 Å². The van der Waals surface area contributed by atoms with Crippen LogP contribution in [0.4, 0.5) is 10.1 Å². The summed E-state index contributed by atoms with van der Waals surface area (Å²) in [6, 6.07) is 1.98. The zero-order valence-electron chi connectivity index (χ0n) is 11.1. The highest BCUT2D eigenvalue weighted by atomic mass is 19.1. The molecule has 0 radical (unpaired) electrons. The van der Waals surface area contributed by atoms with E-state index in [0.29, 0.717) is 13.1 Å². The molecule has 1 aliphatic heterocycles. The molecule has 1 aromatic carbocycles. The number of aryl methyl sites for hydroxylation is 1. The molecule has 0 aliphatic carbocycles. The molecule has 1 aliphatic rings. The quantitative estimate of drug-likeness (QED) is 0.658. The number of halogens is 1. The van der Waals surface area contributed by atoms with Gasteiger partial charge in [-0.2, -0.15) is 0 Å². The topological polar surface area (TPSA) is 89.5 Å². The summed E-state index contributed by atoms with van der Waals surface area (Å²) >= 11 is 0. The minimum atomic E-state index is -0.709. The van der Waals surface area contributed by atoms with Crippen molar-refractivity contribution < 1.29 is 14.1 Å². The van der Waals surface area contributed by atoms with Crippen LogP contribution in [0, 0.1) is 22.9 Å². The van der Waals surface area contributed by atoms with Gasteiger partial charge in [-0.25, -0.2) is 4.39 Å². The number of hydrogen-bond acceptors (Lipinski definition) is 4. The number of hydrogen-bond donors (Lipinski definition) is 1. The van der Waals surface area contributed by atoms with Gasteiger partial charge in [-0.15, -0.1) is 0 Å². The third kappa shape index (κ3) is 2.77. The van der Waals surface area contributed by atoms with Crippen LogP contribution >= 0.6 is 0 Å². The summed E-state index contributed by atoms with van der Waals surface area (Å²) in [6.07, 6.45) is 1.57. The van der Waals surface area contributed by atoms with Gasteiger partial charge in [0.1, 0.15) is 5.82 Å². The van der Waals surface area contributed by atoms with Crippen molar-refractivity contribution in [1.29, 1.82) is 0 Å². The Morgan fingerprint density at radius 1 is 1.55 bits per heavy atom. The number of carbonyl (C=O) groups is 1. The lowest BCUT2D eigenvalue weighted by molar-refractivity contribution is -0.385. The number of nitro groups is 1. The second kappa shape index (κ2) is 5.54. The molecule has 0 aromatic heterocycles. The summed E-state index contributed by atoms with van der Waals surface area (Å²) < 4.78 is 14.0. The summed E-state index contributed by atoms with van der Waals surface area (Å²) in [7, 11) is 0. The number of nitrogens with zero attached hydrogens (tertiary/aromatic N) is 2. The first-order valence-electron chi connectivity index (χ1n) is 6.39. The van der Waals surface area contributed by atoms with Gasteiger partial charge in [-0.05, 0) is 25.3 Å². The lowest BCUT2D eigenvalue weighted by Gasteiger charge is -2.30. The van der Waals surface area contributed by atoms with Crippen LogP contribution in [0.25, 0.3) is 0 Å². The molecule has 2 rings (SSSR count). The van der Waals surface area contributed by atoms with Crippen LogP contribution in [0.1, 0.15) is 28.8 Å². The number of likely N-dealkylation sites (tertiary alicyclic amines) is 1. The van der Waals surface area contributed by atoms with Gasteiger partial charge >= 0.3 is 0 Å². The smallest absolute Gasteiger partial charge is 0.270 e. The SMILES string of the molecule is Cc1cc([N+](=O)[O-])cc(C(=O)N2CCC[C@@H](N)C2)c1F. The van der Waals surface area contributed by atoms with Gasteiger partial charge in [-0.3, -0.25) is 14.9 Å². The maximum Gasteiger partial charge on any atom is 0.270 e. The number of amides is 1. The molecule has 0 bridgehead atoms. The van der Waals surface area contributed by atoms with E-state index in [1.807, 2.05) is 0 Å². The molecule has 1 heterocycles. The molecule has 6 nitrogen and oxygen atoms in total. The number of nitro benzene ring substituents is 1. The summed E-state index contributed by atoms with van der Waals surface area (Å²) in [5.41, 5.74) is 5.34. The number of benzene rings is 1. The molecule has 7 heteroatoms. The van der Waals surface area contributed by atoms with E-state index >= 15 is 0 Å². The normalized spacial score (nSPS) is 18.9. The fraction of sp³-hybridized carbons (Fsp3) is 0.462. The predicted molar refractivity (Wildman–Crippen MR) is 70.9 cm³/mol. The Morgan fingerprint density at radius 2 is 2.25 bits per heavy atom. The van der Waals surface area contributed by atoms with Crippen molar-refractivity contribution in [3.63, 3.8) is 0 Å². The zero-order chi connectivity index (χ0) is 14.9. The monoisotopic (exact) mass is 281 g/mol. The van der Waals surface area contributed by atoms with E-state index in [1.54, 1.807) is 0 Å². The number of carbonyl (C=O) groups excluding carboxylic acids is 1. The van der Waals surface area contributed by atoms with Gasteiger partial charge in [-0.1, -0.05) is 0 Å². The summed E-state index contributed by atoms with van der Waals surface area (Å²) in [6.45, 7) is 2.24. The molecule has 1 aromatic rings. The highest BCUT2D eigenvalue weighted by Gasteiger charge is 2.27. The largest absolute Gasteiger partial charge is 0.337 e. The van der Waals surface area contributed by atoms with Crippen molar-refractivity contribution in [2.45, 2.75) is 25.8 Å². The van der Waals surface area contributed by atoms with E-state index in [1.165, 1.54) is 11.8 Å². The Labute approximate surface area is 115 Å². The Hall–Kier alpha value is -2.02. The molecule has 108 valence electrons. The Kier molecular flexibility index (Phi) is 3.99. The first-order valence-corrected chi connectivity index (χ1v) is 6.39. The summed E-state index contributed by atoms with van der Waals surface area (Å²) in [5.74, 6) is -1.25. The van der Waals surface area contributed by atoms with Crippen LogP contribution in [0.15, 0.2) is 12.1 Å². The minimum Gasteiger partial charge on any atom is -0.337 e. The molecular weight excluding hydrogens is 265 g/mol. The van der Waals surface area contributed by atoms with Crippen molar-refractivity contribution in [3.8, 4) is 0 Å². The van der Waals surface area contributed by atoms with Gasteiger partial charge in [0, 0.05) is 31.3 Å². The van der Waals surface area contributed by atoms with Crippen LogP contribution in [-0.2, 0) is 0 Å². The van der Waals surface area contributed by atoms with Crippen molar-refractivity contribution in [3.05, 3.63) is 39.2 Å². The van der Waals surface area contributed by atoms with Crippen LogP contribution < -0.4 is 5.73 Å². The second-order valence-corrected chi connectivity index (χ2v) is 5.03. The minimum absolute atomic E-state index is 0.0869. The fourth-order valence-corrected chi connectivity index (χ4v) is 2.38. The van der Waals surface area contributed by atoms with E-state index in [2.05, 4.69) is 0 Å². The van der Waals surface area contributed by atoms with Gasteiger partial charge in [0.15, 0.2) is 0 Å².